The van der Waals surface area contributed by atoms with E-state index in [1.54, 1.807) is 12.1 Å². The Morgan fingerprint density at radius 1 is 1.37 bits per heavy atom. The van der Waals surface area contributed by atoms with Crippen LogP contribution in [0, 0.1) is 5.92 Å². The van der Waals surface area contributed by atoms with E-state index in [4.69, 9.17) is 5.73 Å². The lowest BCUT2D eigenvalue weighted by Gasteiger charge is -2.26. The molecule has 102 valence electrons. The Morgan fingerprint density at radius 3 is 2.58 bits per heavy atom. The minimum Gasteiger partial charge on any atom is -0.480 e. The fourth-order valence-corrected chi connectivity index (χ4v) is 2.55. The van der Waals surface area contributed by atoms with Gasteiger partial charge in [-0.05, 0) is 17.9 Å². The SMILES string of the molecule is CC1CCN(C(=O)[C@@H](N)c2ccccc2)C1C(=O)O. The number of carbonyl (C=O) groups is 2. The van der Waals surface area contributed by atoms with E-state index in [1.807, 2.05) is 25.1 Å². The van der Waals surface area contributed by atoms with Crippen molar-refractivity contribution >= 4 is 11.9 Å². The summed E-state index contributed by atoms with van der Waals surface area (Å²) in [6.07, 6.45) is 0.699. The Balaban J connectivity index is 2.18. The van der Waals surface area contributed by atoms with Crippen molar-refractivity contribution in [3.8, 4) is 0 Å². The van der Waals surface area contributed by atoms with Gasteiger partial charge in [0.1, 0.15) is 12.1 Å². The highest BCUT2D eigenvalue weighted by Crippen LogP contribution is 2.27. The summed E-state index contributed by atoms with van der Waals surface area (Å²) in [4.78, 5) is 25.0. The van der Waals surface area contributed by atoms with Crippen LogP contribution in [0.25, 0.3) is 0 Å². The van der Waals surface area contributed by atoms with Crippen molar-refractivity contribution in [2.45, 2.75) is 25.4 Å². The molecule has 0 spiro atoms. The largest absolute Gasteiger partial charge is 0.480 e. The number of rotatable bonds is 3. The van der Waals surface area contributed by atoms with E-state index >= 15 is 0 Å². The van der Waals surface area contributed by atoms with Gasteiger partial charge in [-0.1, -0.05) is 37.3 Å². The number of nitrogens with two attached hydrogens (primary N) is 1. The number of carbonyl (C=O) groups excluding carboxylic acids is 1. The predicted octanol–water partition coefficient (Wildman–Crippen LogP) is 1.01. The Labute approximate surface area is 112 Å². The van der Waals surface area contributed by atoms with E-state index in [9.17, 15) is 14.7 Å². The van der Waals surface area contributed by atoms with Gasteiger partial charge in [0.15, 0.2) is 0 Å². The molecule has 5 nitrogen and oxygen atoms in total. The van der Waals surface area contributed by atoms with Crippen LogP contribution in [0.4, 0.5) is 0 Å². The van der Waals surface area contributed by atoms with Gasteiger partial charge in [-0.3, -0.25) is 4.79 Å². The molecule has 2 unspecified atom stereocenters. The summed E-state index contributed by atoms with van der Waals surface area (Å²) in [5, 5.41) is 9.22. The lowest BCUT2D eigenvalue weighted by atomic mass is 10.0. The first kappa shape index (κ1) is 13.5. The van der Waals surface area contributed by atoms with E-state index in [0.29, 0.717) is 18.5 Å². The number of hydrogen-bond donors (Lipinski definition) is 2. The molecular weight excluding hydrogens is 244 g/mol. The van der Waals surface area contributed by atoms with Gasteiger partial charge in [0.05, 0.1) is 0 Å². The topological polar surface area (TPSA) is 83.6 Å². The maximum atomic E-state index is 12.3. The maximum absolute atomic E-state index is 12.3. The number of carboxylic acids is 1. The number of aliphatic carboxylic acids is 1. The Bertz CT molecular complexity index is 475. The summed E-state index contributed by atoms with van der Waals surface area (Å²) in [7, 11) is 0. The van der Waals surface area contributed by atoms with Crippen molar-refractivity contribution in [1.29, 1.82) is 0 Å². The van der Waals surface area contributed by atoms with Crippen LogP contribution in [0.2, 0.25) is 0 Å². The molecule has 1 fully saturated rings. The fourth-order valence-electron chi connectivity index (χ4n) is 2.55. The minimum atomic E-state index is -0.960. The van der Waals surface area contributed by atoms with Crippen LogP contribution in [0.5, 0.6) is 0 Å². The highest BCUT2D eigenvalue weighted by Gasteiger charge is 2.41. The summed E-state index contributed by atoms with van der Waals surface area (Å²) < 4.78 is 0. The fraction of sp³-hybridized carbons (Fsp3) is 0.429. The van der Waals surface area contributed by atoms with Crippen LogP contribution >= 0.6 is 0 Å². The molecule has 3 N–H and O–H groups in total. The number of hydrogen-bond acceptors (Lipinski definition) is 3. The summed E-state index contributed by atoms with van der Waals surface area (Å²) in [6.45, 7) is 2.30. The highest BCUT2D eigenvalue weighted by molar-refractivity contribution is 5.88. The van der Waals surface area contributed by atoms with Crippen LogP contribution in [0.3, 0.4) is 0 Å². The average molecular weight is 262 g/mol. The average Bonchev–Trinajstić information content (AvgIpc) is 2.80. The van der Waals surface area contributed by atoms with Crippen molar-refractivity contribution in [2.24, 2.45) is 11.7 Å². The van der Waals surface area contributed by atoms with E-state index in [2.05, 4.69) is 0 Å². The highest BCUT2D eigenvalue weighted by atomic mass is 16.4. The summed E-state index contributed by atoms with van der Waals surface area (Å²) in [6, 6.07) is 7.46. The molecule has 1 aromatic carbocycles. The number of benzene rings is 1. The second kappa shape index (κ2) is 5.40. The van der Waals surface area contributed by atoms with E-state index in [0.717, 1.165) is 0 Å². The number of carboxylic acid groups (broad SMARTS) is 1. The van der Waals surface area contributed by atoms with Crippen LogP contribution in [0.1, 0.15) is 24.9 Å². The van der Waals surface area contributed by atoms with Gasteiger partial charge in [-0.2, -0.15) is 0 Å². The third-order valence-corrected chi connectivity index (χ3v) is 3.66. The first-order chi connectivity index (χ1) is 9.02. The van der Waals surface area contributed by atoms with Crippen molar-refractivity contribution in [3.63, 3.8) is 0 Å². The molecule has 1 aromatic rings. The second-order valence-electron chi connectivity index (χ2n) is 4.97. The molecule has 3 atom stereocenters. The molecule has 1 heterocycles. The first-order valence-corrected chi connectivity index (χ1v) is 6.36. The Morgan fingerprint density at radius 2 is 2.00 bits per heavy atom. The van der Waals surface area contributed by atoms with Crippen LogP contribution in [-0.4, -0.2) is 34.5 Å². The smallest absolute Gasteiger partial charge is 0.326 e. The molecule has 0 bridgehead atoms. The molecule has 0 radical (unpaired) electrons. The lowest BCUT2D eigenvalue weighted by Crippen LogP contribution is -2.46. The zero-order chi connectivity index (χ0) is 14.0. The molecular formula is C14H18N2O3. The van der Waals surface area contributed by atoms with Gasteiger partial charge in [0.25, 0.3) is 0 Å². The molecule has 1 saturated heterocycles. The molecule has 1 aliphatic heterocycles. The predicted molar refractivity (Wildman–Crippen MR) is 70.3 cm³/mol. The Hall–Kier alpha value is -1.88. The van der Waals surface area contributed by atoms with E-state index < -0.39 is 18.1 Å². The molecule has 1 amide bonds. The summed E-state index contributed by atoms with van der Waals surface area (Å²) in [5.41, 5.74) is 6.65. The molecule has 0 aromatic heterocycles. The summed E-state index contributed by atoms with van der Waals surface area (Å²) in [5.74, 6) is -1.31. The molecule has 2 rings (SSSR count). The van der Waals surface area contributed by atoms with Gasteiger partial charge in [0.2, 0.25) is 5.91 Å². The van der Waals surface area contributed by atoms with Crippen LogP contribution in [0.15, 0.2) is 30.3 Å². The third-order valence-electron chi connectivity index (χ3n) is 3.66. The van der Waals surface area contributed by atoms with Crippen molar-refractivity contribution in [3.05, 3.63) is 35.9 Å². The van der Waals surface area contributed by atoms with Gasteiger partial charge in [-0.15, -0.1) is 0 Å². The van der Waals surface area contributed by atoms with Gasteiger partial charge >= 0.3 is 5.97 Å². The molecule has 0 saturated carbocycles. The van der Waals surface area contributed by atoms with Gasteiger partial charge in [0, 0.05) is 6.54 Å². The number of amides is 1. The first-order valence-electron chi connectivity index (χ1n) is 6.36. The minimum absolute atomic E-state index is 0.0376. The van der Waals surface area contributed by atoms with Crippen molar-refractivity contribution < 1.29 is 14.7 Å². The molecule has 1 aliphatic rings. The summed E-state index contributed by atoms with van der Waals surface area (Å²) >= 11 is 0. The zero-order valence-corrected chi connectivity index (χ0v) is 10.8. The van der Waals surface area contributed by atoms with Crippen LogP contribution < -0.4 is 5.73 Å². The number of likely N-dealkylation sites (tertiary alicyclic amines) is 1. The van der Waals surface area contributed by atoms with E-state index in [1.165, 1.54) is 4.90 Å². The van der Waals surface area contributed by atoms with Crippen molar-refractivity contribution in [1.82, 2.24) is 4.90 Å². The van der Waals surface area contributed by atoms with Gasteiger partial charge in [-0.25, -0.2) is 4.79 Å². The van der Waals surface area contributed by atoms with Crippen molar-refractivity contribution in [2.75, 3.05) is 6.54 Å². The van der Waals surface area contributed by atoms with Crippen LogP contribution in [-0.2, 0) is 9.59 Å². The number of nitrogens with zero attached hydrogens (tertiary/aromatic N) is 1. The molecule has 0 aliphatic carbocycles. The second-order valence-corrected chi connectivity index (χ2v) is 4.97. The van der Waals surface area contributed by atoms with Gasteiger partial charge < -0.3 is 15.7 Å². The monoisotopic (exact) mass is 262 g/mol. The maximum Gasteiger partial charge on any atom is 0.326 e. The normalized spacial score (nSPS) is 24.2. The standard InChI is InChI=1S/C14H18N2O3/c1-9-7-8-16(12(9)14(18)19)13(17)11(15)10-5-3-2-4-6-10/h2-6,9,11-12H,7-8,15H2,1H3,(H,18,19)/t9?,11-,12?/m0/s1. The lowest BCUT2D eigenvalue weighted by molar-refractivity contribution is -0.149. The zero-order valence-electron chi connectivity index (χ0n) is 10.8. The van der Waals surface area contributed by atoms with E-state index in [-0.39, 0.29) is 11.8 Å². The molecule has 19 heavy (non-hydrogen) atoms. The quantitative estimate of drug-likeness (QED) is 0.851. The Kier molecular flexibility index (Phi) is 3.85. The third kappa shape index (κ3) is 2.61. The molecule has 5 heteroatoms.